The highest BCUT2D eigenvalue weighted by atomic mass is 16.8. The van der Waals surface area contributed by atoms with Crippen LogP contribution in [-0.2, 0) is 97.7 Å². The number of hydrogen-bond donors (Lipinski definition) is 3. The lowest BCUT2D eigenvalue weighted by atomic mass is 9.94. The first kappa shape index (κ1) is 57.7. The minimum atomic E-state index is -1.79. The van der Waals surface area contributed by atoms with Crippen molar-refractivity contribution >= 4 is 23.8 Å². The molecular formula is C59H67NO18. The van der Waals surface area contributed by atoms with Crippen molar-refractivity contribution in [2.75, 3.05) is 13.2 Å². The van der Waals surface area contributed by atoms with Gasteiger partial charge < -0.3 is 72.4 Å². The molecule has 3 aliphatic heterocycles. The number of esters is 3. The van der Waals surface area contributed by atoms with Crippen molar-refractivity contribution < 1.29 is 86.2 Å². The molecule has 78 heavy (non-hydrogen) atoms. The van der Waals surface area contributed by atoms with Crippen molar-refractivity contribution in [3.05, 3.63) is 179 Å². The molecule has 3 heterocycles. The molecule has 416 valence electrons. The highest BCUT2D eigenvalue weighted by molar-refractivity contribution is 5.89. The van der Waals surface area contributed by atoms with Gasteiger partial charge >= 0.3 is 17.9 Å². The van der Waals surface area contributed by atoms with Crippen molar-refractivity contribution in [1.82, 2.24) is 5.32 Å². The highest BCUT2D eigenvalue weighted by Gasteiger charge is 2.57. The molecule has 0 radical (unpaired) electrons. The molecule has 3 fully saturated rings. The van der Waals surface area contributed by atoms with E-state index in [0.717, 1.165) is 29.2 Å². The fraction of sp³-hybridized carbons (Fsp3) is 0.424. The van der Waals surface area contributed by atoms with Gasteiger partial charge in [-0.1, -0.05) is 140 Å². The van der Waals surface area contributed by atoms with Crippen LogP contribution < -0.4 is 5.32 Å². The van der Waals surface area contributed by atoms with E-state index in [4.69, 9.17) is 56.8 Å². The summed E-state index contributed by atoms with van der Waals surface area (Å²) in [5.74, 6) is -3.00. The van der Waals surface area contributed by atoms with Gasteiger partial charge in [0, 0.05) is 20.8 Å². The fourth-order valence-corrected chi connectivity index (χ4v) is 9.51. The van der Waals surface area contributed by atoms with Gasteiger partial charge in [0.15, 0.2) is 31.1 Å². The summed E-state index contributed by atoms with van der Waals surface area (Å²) in [6.45, 7) is 4.87. The average Bonchev–Trinajstić information content (AvgIpc) is 3.61. The summed E-state index contributed by atoms with van der Waals surface area (Å²) >= 11 is 0. The van der Waals surface area contributed by atoms with Crippen LogP contribution >= 0.6 is 0 Å². The summed E-state index contributed by atoms with van der Waals surface area (Å²) < 4.78 is 76.5. The van der Waals surface area contributed by atoms with Gasteiger partial charge in [-0.05, 0) is 41.3 Å². The Hall–Kier alpha value is -6.46. The standard InChI is InChI=1S/C59H67NO18/c1-36-49(69-31-41-22-12-6-13-23-41)54(55(57(66)72-36)76-56(65)44-28-18-9-19-29-44)78-58-47(60-37(2)61)52(51(73-39(4)63)46(74-58)35-68-38(3)62)77-59-48(64)53(71-33-43-26-16-8-17-27-43)50(70-32-42-24-14-7-15-25-42)45(75-59)34-67-30-40-20-10-5-11-21-40/h5-29,36,45-55,57-59,64,66H,30-35H2,1-4H3,(H,60,61)/t36-,45+,46+,47+,48+,49-,50+,51+,52+,53+,54+,55+,57+,58+,59-/m0/s1. The van der Waals surface area contributed by atoms with Crippen LogP contribution in [-0.4, -0.2) is 139 Å². The zero-order chi connectivity index (χ0) is 55.0. The molecule has 1 amide bonds. The summed E-state index contributed by atoms with van der Waals surface area (Å²) in [5, 5.41) is 27.1. The second-order valence-electron chi connectivity index (χ2n) is 19.1. The van der Waals surface area contributed by atoms with Gasteiger partial charge in [-0.25, -0.2) is 4.79 Å². The Balaban J connectivity index is 1.18. The predicted molar refractivity (Wildman–Crippen MR) is 276 cm³/mol. The smallest absolute Gasteiger partial charge is 0.338 e. The molecule has 3 aliphatic rings. The zero-order valence-electron chi connectivity index (χ0n) is 43.8. The Kier molecular flexibility index (Phi) is 21.0. The van der Waals surface area contributed by atoms with E-state index in [-0.39, 0.29) is 38.6 Å². The number of aliphatic hydroxyl groups is 2. The maximum Gasteiger partial charge on any atom is 0.338 e. The lowest BCUT2D eigenvalue weighted by molar-refractivity contribution is -0.368. The molecule has 0 unspecified atom stereocenters. The molecular weight excluding hydrogens is 1010 g/mol. The number of ether oxygens (including phenoxy) is 12. The molecule has 5 aromatic rings. The molecule has 0 saturated carbocycles. The van der Waals surface area contributed by atoms with Gasteiger partial charge in [-0.15, -0.1) is 0 Å². The largest absolute Gasteiger partial charge is 0.463 e. The van der Waals surface area contributed by atoms with E-state index in [0.29, 0.717) is 0 Å². The number of nitrogens with one attached hydrogen (secondary N) is 1. The Morgan fingerprint density at radius 3 is 1.49 bits per heavy atom. The van der Waals surface area contributed by atoms with E-state index >= 15 is 0 Å². The van der Waals surface area contributed by atoms with Crippen LogP contribution in [0.15, 0.2) is 152 Å². The molecule has 19 heteroatoms. The van der Waals surface area contributed by atoms with Crippen molar-refractivity contribution in [1.29, 1.82) is 0 Å². The van der Waals surface area contributed by atoms with Crippen LogP contribution in [0.5, 0.6) is 0 Å². The van der Waals surface area contributed by atoms with E-state index in [9.17, 15) is 29.4 Å². The quantitative estimate of drug-likeness (QED) is 0.0541. The Morgan fingerprint density at radius 1 is 0.487 bits per heavy atom. The zero-order valence-corrected chi connectivity index (χ0v) is 43.8. The maximum absolute atomic E-state index is 13.8. The van der Waals surface area contributed by atoms with Crippen molar-refractivity contribution in [2.24, 2.45) is 0 Å². The molecule has 8 rings (SSSR count). The average molecular weight is 1080 g/mol. The molecule has 3 N–H and O–H groups in total. The first-order chi connectivity index (χ1) is 37.8. The predicted octanol–water partition coefficient (Wildman–Crippen LogP) is 5.50. The third kappa shape index (κ3) is 15.9. The minimum Gasteiger partial charge on any atom is -0.463 e. The molecule has 5 aromatic carbocycles. The molecule has 0 aliphatic carbocycles. The Morgan fingerprint density at radius 2 is 0.962 bits per heavy atom. The maximum atomic E-state index is 13.8. The number of aliphatic hydroxyl groups excluding tert-OH is 2. The second-order valence-corrected chi connectivity index (χ2v) is 19.1. The lowest BCUT2D eigenvalue weighted by Crippen LogP contribution is -2.70. The van der Waals surface area contributed by atoms with Crippen molar-refractivity contribution in [3.63, 3.8) is 0 Å². The molecule has 0 bridgehead atoms. The Bertz CT molecular complexity index is 2640. The number of benzene rings is 5. The van der Waals surface area contributed by atoms with Gasteiger partial charge in [0.25, 0.3) is 0 Å². The van der Waals surface area contributed by atoms with E-state index in [1.165, 1.54) is 26.0 Å². The third-order valence-electron chi connectivity index (χ3n) is 13.2. The second kappa shape index (κ2) is 28.4. The van der Waals surface area contributed by atoms with Crippen LogP contribution in [0.2, 0.25) is 0 Å². The minimum absolute atomic E-state index is 0.0151. The summed E-state index contributed by atoms with van der Waals surface area (Å²) in [7, 11) is 0. The Labute approximate surface area is 452 Å². The SMILES string of the molecule is CC(=O)N[C@H]1[C@@H](O[C@@H]2[C@@H](OCc3ccccc3)[C@H](C)O[C@@H](O)[C@@H]2OC(=O)c2ccccc2)O[C@H](COC(C)=O)[C@@H](OC(C)=O)[C@@H]1O[C@@H]1O[C@H](COCc2ccccc2)[C@@H](OCc2ccccc2)[C@H](OCc2ccccc2)[C@H]1O. The topological polar surface area (TPSA) is 232 Å². The van der Waals surface area contributed by atoms with Gasteiger partial charge in [0.1, 0.15) is 61.5 Å². The number of amides is 1. The van der Waals surface area contributed by atoms with Crippen LogP contribution in [0.4, 0.5) is 0 Å². The van der Waals surface area contributed by atoms with Crippen LogP contribution in [0.3, 0.4) is 0 Å². The summed E-state index contributed by atoms with van der Waals surface area (Å²) in [6, 6.07) is 44.0. The van der Waals surface area contributed by atoms with Crippen LogP contribution in [0, 0.1) is 0 Å². The normalized spacial score (nSPS) is 28.9. The molecule has 3 saturated heterocycles. The van der Waals surface area contributed by atoms with Gasteiger partial charge in [0.2, 0.25) is 5.91 Å². The van der Waals surface area contributed by atoms with Gasteiger partial charge in [-0.3, -0.25) is 14.4 Å². The third-order valence-corrected chi connectivity index (χ3v) is 13.2. The molecule has 0 spiro atoms. The number of hydrogen-bond acceptors (Lipinski definition) is 18. The van der Waals surface area contributed by atoms with Crippen LogP contribution in [0.25, 0.3) is 0 Å². The van der Waals surface area contributed by atoms with Crippen LogP contribution in [0.1, 0.15) is 60.3 Å². The van der Waals surface area contributed by atoms with E-state index in [1.807, 2.05) is 121 Å². The van der Waals surface area contributed by atoms with E-state index in [2.05, 4.69) is 5.32 Å². The summed E-state index contributed by atoms with van der Waals surface area (Å²) in [5.41, 5.74) is 3.43. The monoisotopic (exact) mass is 1080 g/mol. The summed E-state index contributed by atoms with van der Waals surface area (Å²) in [6.07, 6.45) is -19.5. The van der Waals surface area contributed by atoms with Crippen molar-refractivity contribution in [2.45, 2.75) is 146 Å². The fourth-order valence-electron chi connectivity index (χ4n) is 9.51. The van der Waals surface area contributed by atoms with Crippen molar-refractivity contribution in [3.8, 4) is 0 Å². The number of rotatable bonds is 23. The van der Waals surface area contributed by atoms with Gasteiger partial charge in [0.05, 0.1) is 44.7 Å². The van der Waals surface area contributed by atoms with E-state index < -0.39 is 122 Å². The molecule has 0 aromatic heterocycles. The first-order valence-corrected chi connectivity index (χ1v) is 25.9. The highest BCUT2D eigenvalue weighted by Crippen LogP contribution is 2.37. The first-order valence-electron chi connectivity index (χ1n) is 25.9. The molecule has 19 nitrogen and oxygen atoms in total. The summed E-state index contributed by atoms with van der Waals surface area (Å²) in [4.78, 5) is 53.0. The van der Waals surface area contributed by atoms with E-state index in [1.54, 1.807) is 25.1 Å². The number of carbonyl (C=O) groups is 4. The van der Waals surface area contributed by atoms with Gasteiger partial charge in [-0.2, -0.15) is 0 Å². The number of carbonyl (C=O) groups excluding carboxylic acids is 4. The molecule has 15 atom stereocenters. The lowest BCUT2D eigenvalue weighted by Gasteiger charge is -2.51.